The lowest BCUT2D eigenvalue weighted by Gasteiger charge is -2.16. The Morgan fingerprint density at radius 3 is 2.74 bits per heavy atom. The van der Waals surface area contributed by atoms with E-state index in [9.17, 15) is 4.79 Å². The van der Waals surface area contributed by atoms with E-state index in [2.05, 4.69) is 10.1 Å². The Labute approximate surface area is 155 Å². The molecule has 0 spiro atoms. The normalized spacial score (nSPS) is 18.3. The van der Waals surface area contributed by atoms with E-state index in [1.807, 2.05) is 49.4 Å². The highest BCUT2D eigenvalue weighted by Crippen LogP contribution is 2.38. The van der Waals surface area contributed by atoms with Gasteiger partial charge in [0.25, 0.3) is 0 Å². The van der Waals surface area contributed by atoms with Crippen molar-refractivity contribution in [2.24, 2.45) is 0 Å². The van der Waals surface area contributed by atoms with Gasteiger partial charge in [0.2, 0.25) is 24.4 Å². The third-order valence-corrected chi connectivity index (χ3v) is 4.89. The first-order valence-corrected chi connectivity index (χ1v) is 8.78. The number of anilines is 1. The fraction of sp³-hybridized carbons (Fsp3) is 0.250. The largest absolute Gasteiger partial charge is 0.454 e. The molecule has 1 fully saturated rings. The lowest BCUT2D eigenvalue weighted by molar-refractivity contribution is -0.117. The van der Waals surface area contributed by atoms with Crippen molar-refractivity contribution in [3.8, 4) is 22.9 Å². The average molecular weight is 363 g/mol. The highest BCUT2D eigenvalue weighted by atomic mass is 16.7. The number of fused-ring (bicyclic) bond motifs is 1. The van der Waals surface area contributed by atoms with E-state index in [0.29, 0.717) is 36.2 Å². The van der Waals surface area contributed by atoms with Gasteiger partial charge in [-0.1, -0.05) is 35.0 Å². The van der Waals surface area contributed by atoms with Crippen LogP contribution in [0.15, 0.2) is 47.0 Å². The molecular weight excluding hydrogens is 346 g/mol. The number of aryl methyl sites for hydroxylation is 1. The molecule has 2 aliphatic rings. The maximum Gasteiger partial charge on any atom is 0.232 e. The second-order valence-electron chi connectivity index (χ2n) is 6.77. The van der Waals surface area contributed by atoms with Crippen molar-refractivity contribution in [3.63, 3.8) is 0 Å². The minimum atomic E-state index is -0.130. The van der Waals surface area contributed by atoms with Gasteiger partial charge in [0.15, 0.2) is 11.5 Å². The number of carbonyl (C=O) groups excluding carboxylic acids is 1. The predicted molar refractivity (Wildman–Crippen MR) is 96.7 cm³/mol. The van der Waals surface area contributed by atoms with Crippen molar-refractivity contribution < 1.29 is 18.8 Å². The van der Waals surface area contributed by atoms with Gasteiger partial charge in [0.1, 0.15) is 0 Å². The van der Waals surface area contributed by atoms with Gasteiger partial charge in [0.05, 0.1) is 5.92 Å². The molecule has 0 aliphatic carbocycles. The topological polar surface area (TPSA) is 77.7 Å². The van der Waals surface area contributed by atoms with Crippen LogP contribution < -0.4 is 14.4 Å². The Morgan fingerprint density at radius 2 is 1.89 bits per heavy atom. The molecule has 7 nitrogen and oxygen atoms in total. The third kappa shape index (κ3) is 2.81. The number of ether oxygens (including phenoxy) is 2. The molecule has 1 aromatic heterocycles. The summed E-state index contributed by atoms with van der Waals surface area (Å²) in [6.07, 6.45) is 0.337. The van der Waals surface area contributed by atoms with E-state index >= 15 is 0 Å². The van der Waals surface area contributed by atoms with Crippen molar-refractivity contribution in [2.45, 2.75) is 19.3 Å². The molecule has 136 valence electrons. The van der Waals surface area contributed by atoms with Gasteiger partial charge in [-0.15, -0.1) is 0 Å². The maximum absolute atomic E-state index is 12.5. The predicted octanol–water partition coefficient (Wildman–Crippen LogP) is 3.29. The fourth-order valence-electron chi connectivity index (χ4n) is 3.40. The molecular formula is C20H17N3O4. The average Bonchev–Trinajstić information content (AvgIpc) is 3.40. The zero-order valence-corrected chi connectivity index (χ0v) is 14.7. The standard InChI is InChI=1S/C20H17N3O4/c1-12-2-4-13(5-3-12)19-21-20(27-22-19)14-8-18(24)23(10-14)15-6-7-16-17(9-15)26-11-25-16/h2-7,9,14H,8,10-11H2,1H3/t14-/m0/s1. The van der Waals surface area contributed by atoms with Crippen LogP contribution in [0.4, 0.5) is 5.69 Å². The van der Waals surface area contributed by atoms with Gasteiger partial charge in [0, 0.05) is 30.3 Å². The van der Waals surface area contributed by atoms with Crippen molar-refractivity contribution in [1.29, 1.82) is 0 Å². The molecule has 0 saturated carbocycles. The number of benzene rings is 2. The molecule has 2 aromatic carbocycles. The number of hydrogen-bond acceptors (Lipinski definition) is 6. The summed E-state index contributed by atoms with van der Waals surface area (Å²) in [5.74, 6) is 2.27. The summed E-state index contributed by atoms with van der Waals surface area (Å²) in [5, 5.41) is 4.08. The second kappa shape index (κ2) is 6.12. The molecule has 1 amide bonds. The van der Waals surface area contributed by atoms with Crippen LogP contribution in [0.1, 0.15) is 23.8 Å². The highest BCUT2D eigenvalue weighted by Gasteiger charge is 2.35. The molecule has 0 unspecified atom stereocenters. The van der Waals surface area contributed by atoms with Gasteiger partial charge in [-0.3, -0.25) is 4.79 Å². The lowest BCUT2D eigenvalue weighted by atomic mass is 10.1. The van der Waals surface area contributed by atoms with Crippen molar-refractivity contribution in [3.05, 3.63) is 53.9 Å². The summed E-state index contributed by atoms with van der Waals surface area (Å²) >= 11 is 0. The first kappa shape index (κ1) is 15.9. The van der Waals surface area contributed by atoms with E-state index < -0.39 is 0 Å². The molecule has 0 N–H and O–H groups in total. The molecule has 3 aromatic rings. The molecule has 27 heavy (non-hydrogen) atoms. The van der Waals surface area contributed by atoms with Gasteiger partial charge in [-0.25, -0.2) is 0 Å². The number of nitrogens with zero attached hydrogens (tertiary/aromatic N) is 3. The van der Waals surface area contributed by atoms with E-state index in [-0.39, 0.29) is 18.6 Å². The van der Waals surface area contributed by atoms with Crippen molar-refractivity contribution in [2.75, 3.05) is 18.2 Å². The minimum Gasteiger partial charge on any atom is -0.454 e. The quantitative estimate of drug-likeness (QED) is 0.711. The summed E-state index contributed by atoms with van der Waals surface area (Å²) in [4.78, 5) is 18.8. The molecule has 5 rings (SSSR count). The Bertz CT molecular complexity index is 1010. The SMILES string of the molecule is Cc1ccc(-c2noc([C@H]3CC(=O)N(c4ccc5c(c4)OCO5)C3)n2)cc1. The third-order valence-electron chi connectivity index (χ3n) is 4.89. The number of aromatic nitrogens is 2. The number of carbonyl (C=O) groups is 1. The molecule has 0 radical (unpaired) electrons. The Morgan fingerprint density at radius 1 is 1.07 bits per heavy atom. The molecule has 1 atom stereocenters. The number of hydrogen-bond donors (Lipinski definition) is 0. The monoisotopic (exact) mass is 363 g/mol. The van der Waals surface area contributed by atoms with Crippen molar-refractivity contribution in [1.82, 2.24) is 10.1 Å². The van der Waals surface area contributed by atoms with Crippen LogP contribution in [-0.4, -0.2) is 29.4 Å². The molecule has 2 aliphatic heterocycles. The minimum absolute atomic E-state index is 0.0222. The Hall–Kier alpha value is -3.35. The first-order valence-electron chi connectivity index (χ1n) is 8.78. The summed E-state index contributed by atoms with van der Waals surface area (Å²) in [5.41, 5.74) is 2.85. The summed E-state index contributed by atoms with van der Waals surface area (Å²) in [6.45, 7) is 2.73. The van der Waals surface area contributed by atoms with Crippen LogP contribution in [0.25, 0.3) is 11.4 Å². The molecule has 1 saturated heterocycles. The molecule has 3 heterocycles. The fourth-order valence-corrected chi connectivity index (χ4v) is 3.40. The molecule has 7 heteroatoms. The summed E-state index contributed by atoms with van der Waals surface area (Å²) in [6, 6.07) is 13.4. The van der Waals surface area contributed by atoms with Gasteiger partial charge < -0.3 is 18.9 Å². The highest BCUT2D eigenvalue weighted by molar-refractivity contribution is 5.96. The van der Waals surface area contributed by atoms with Gasteiger partial charge in [-0.2, -0.15) is 4.98 Å². The lowest BCUT2D eigenvalue weighted by Crippen LogP contribution is -2.24. The Balaban J connectivity index is 1.37. The summed E-state index contributed by atoms with van der Waals surface area (Å²) in [7, 11) is 0. The van der Waals surface area contributed by atoms with Crippen LogP contribution in [0, 0.1) is 6.92 Å². The van der Waals surface area contributed by atoms with E-state index in [0.717, 1.165) is 11.3 Å². The zero-order valence-electron chi connectivity index (χ0n) is 14.7. The van der Waals surface area contributed by atoms with Crippen molar-refractivity contribution >= 4 is 11.6 Å². The van der Waals surface area contributed by atoms with Crippen LogP contribution in [0.3, 0.4) is 0 Å². The maximum atomic E-state index is 12.5. The second-order valence-corrected chi connectivity index (χ2v) is 6.77. The van der Waals surface area contributed by atoms with Gasteiger partial charge >= 0.3 is 0 Å². The number of amides is 1. The molecule has 0 bridgehead atoms. The van der Waals surface area contributed by atoms with Crippen LogP contribution in [0.5, 0.6) is 11.5 Å². The number of rotatable bonds is 3. The Kier molecular flexibility index (Phi) is 3.60. The summed E-state index contributed by atoms with van der Waals surface area (Å²) < 4.78 is 16.2. The van der Waals surface area contributed by atoms with Crippen LogP contribution >= 0.6 is 0 Å². The smallest absolute Gasteiger partial charge is 0.232 e. The van der Waals surface area contributed by atoms with Crippen LogP contribution in [-0.2, 0) is 4.79 Å². The van der Waals surface area contributed by atoms with E-state index in [1.165, 1.54) is 5.56 Å². The van der Waals surface area contributed by atoms with E-state index in [4.69, 9.17) is 14.0 Å². The zero-order chi connectivity index (χ0) is 18.4. The van der Waals surface area contributed by atoms with Crippen LogP contribution in [0.2, 0.25) is 0 Å². The van der Waals surface area contributed by atoms with Gasteiger partial charge in [-0.05, 0) is 19.1 Å². The van der Waals surface area contributed by atoms with E-state index in [1.54, 1.807) is 4.90 Å². The first-order chi connectivity index (χ1) is 13.2.